The highest BCUT2D eigenvalue weighted by molar-refractivity contribution is 6.30. The maximum absolute atomic E-state index is 11.9. The Bertz CT molecular complexity index is 444. The minimum absolute atomic E-state index is 0.196. The molecule has 0 aromatic heterocycles. The lowest BCUT2D eigenvalue weighted by atomic mass is 9.90. The van der Waals surface area contributed by atoms with Gasteiger partial charge in [0, 0.05) is 10.7 Å². The van der Waals surface area contributed by atoms with Gasteiger partial charge >= 0.3 is 6.03 Å². The van der Waals surface area contributed by atoms with Gasteiger partial charge in [-0.2, -0.15) is 0 Å². The van der Waals surface area contributed by atoms with Crippen molar-refractivity contribution in [2.45, 2.75) is 25.4 Å². The van der Waals surface area contributed by atoms with Gasteiger partial charge in [0.15, 0.2) is 0 Å². The van der Waals surface area contributed by atoms with Crippen molar-refractivity contribution in [2.24, 2.45) is 0 Å². The first-order valence-corrected chi connectivity index (χ1v) is 6.44. The molecule has 1 fully saturated rings. The summed E-state index contributed by atoms with van der Waals surface area (Å²) in [5, 5.41) is 13.3. The van der Waals surface area contributed by atoms with Crippen molar-refractivity contribution in [3.05, 3.63) is 29.3 Å². The largest absolute Gasteiger partial charge is 0.386 e. The Kier molecular flexibility index (Phi) is 3.78. The van der Waals surface area contributed by atoms with Gasteiger partial charge in [-0.25, -0.2) is 4.79 Å². The Morgan fingerprint density at radius 3 is 2.89 bits per heavy atom. The summed E-state index contributed by atoms with van der Waals surface area (Å²) in [6.45, 7) is 2.81. The number of hydrogen-bond donors (Lipinski definition) is 2. The van der Waals surface area contributed by atoms with Crippen molar-refractivity contribution < 1.29 is 9.90 Å². The number of carbonyl (C=O) groups is 1. The summed E-state index contributed by atoms with van der Waals surface area (Å²) in [5.41, 5.74) is -0.0288. The molecule has 0 bridgehead atoms. The normalized spacial score (nSPS) is 17.2. The molecule has 5 heteroatoms. The van der Waals surface area contributed by atoms with E-state index in [0.717, 1.165) is 12.8 Å². The maximum atomic E-state index is 11.9. The molecule has 1 aliphatic rings. The molecule has 2 rings (SSSR count). The fourth-order valence-corrected chi connectivity index (χ4v) is 2.39. The van der Waals surface area contributed by atoms with Crippen LogP contribution in [0.3, 0.4) is 0 Å². The van der Waals surface area contributed by atoms with Gasteiger partial charge in [0.1, 0.15) is 0 Å². The lowest BCUT2D eigenvalue weighted by Gasteiger charge is -2.46. The summed E-state index contributed by atoms with van der Waals surface area (Å²) in [6, 6.07) is 6.81. The lowest BCUT2D eigenvalue weighted by Crippen LogP contribution is -2.64. The Labute approximate surface area is 112 Å². The number of benzene rings is 1. The highest BCUT2D eigenvalue weighted by Gasteiger charge is 2.42. The van der Waals surface area contributed by atoms with Crippen LogP contribution in [-0.4, -0.2) is 34.7 Å². The Morgan fingerprint density at radius 1 is 1.56 bits per heavy atom. The van der Waals surface area contributed by atoms with E-state index in [9.17, 15) is 9.90 Å². The van der Waals surface area contributed by atoms with Gasteiger partial charge in [0.25, 0.3) is 0 Å². The summed E-state index contributed by atoms with van der Waals surface area (Å²) in [7, 11) is 0. The van der Waals surface area contributed by atoms with E-state index >= 15 is 0 Å². The zero-order valence-electron chi connectivity index (χ0n) is 10.3. The number of urea groups is 1. The van der Waals surface area contributed by atoms with Crippen LogP contribution in [0.1, 0.15) is 19.8 Å². The van der Waals surface area contributed by atoms with E-state index < -0.39 is 5.60 Å². The summed E-state index contributed by atoms with van der Waals surface area (Å²) in [6.07, 6.45) is 1.65. The molecule has 1 saturated heterocycles. The van der Waals surface area contributed by atoms with Gasteiger partial charge in [0.2, 0.25) is 0 Å². The molecule has 1 aliphatic heterocycles. The third kappa shape index (κ3) is 2.94. The van der Waals surface area contributed by atoms with E-state index in [1.54, 1.807) is 29.2 Å². The van der Waals surface area contributed by atoms with Gasteiger partial charge < -0.3 is 15.3 Å². The van der Waals surface area contributed by atoms with Crippen LogP contribution < -0.4 is 5.32 Å². The first kappa shape index (κ1) is 13.2. The monoisotopic (exact) mass is 268 g/mol. The third-order valence-electron chi connectivity index (χ3n) is 3.05. The van der Waals surface area contributed by atoms with Gasteiger partial charge in [-0.05, 0) is 24.6 Å². The van der Waals surface area contributed by atoms with E-state index in [2.05, 4.69) is 5.32 Å². The van der Waals surface area contributed by atoms with Crippen molar-refractivity contribution in [1.29, 1.82) is 0 Å². The Hall–Kier alpha value is -1.26. The molecule has 1 aromatic carbocycles. The van der Waals surface area contributed by atoms with Crippen molar-refractivity contribution >= 4 is 23.3 Å². The minimum Gasteiger partial charge on any atom is -0.386 e. The zero-order valence-corrected chi connectivity index (χ0v) is 11.1. The summed E-state index contributed by atoms with van der Waals surface area (Å²) in [5.74, 6) is 0. The highest BCUT2D eigenvalue weighted by Crippen LogP contribution is 2.26. The summed E-state index contributed by atoms with van der Waals surface area (Å²) in [4.78, 5) is 13.5. The summed E-state index contributed by atoms with van der Waals surface area (Å²) < 4.78 is 0. The third-order valence-corrected chi connectivity index (χ3v) is 3.28. The van der Waals surface area contributed by atoms with Crippen LogP contribution in [0.5, 0.6) is 0 Å². The van der Waals surface area contributed by atoms with E-state index in [1.807, 2.05) is 6.92 Å². The van der Waals surface area contributed by atoms with Gasteiger partial charge in [-0.15, -0.1) is 0 Å². The van der Waals surface area contributed by atoms with Crippen molar-refractivity contribution in [3.8, 4) is 0 Å². The van der Waals surface area contributed by atoms with Gasteiger partial charge in [-0.1, -0.05) is 31.0 Å². The minimum atomic E-state index is -0.694. The number of rotatable bonds is 3. The first-order chi connectivity index (χ1) is 8.52. The molecule has 0 atom stereocenters. The average molecular weight is 269 g/mol. The van der Waals surface area contributed by atoms with Crippen molar-refractivity contribution in [2.75, 3.05) is 18.4 Å². The van der Waals surface area contributed by atoms with Crippen LogP contribution in [0.15, 0.2) is 24.3 Å². The number of amides is 2. The molecule has 0 unspecified atom stereocenters. The van der Waals surface area contributed by atoms with Gasteiger partial charge in [-0.3, -0.25) is 0 Å². The van der Waals surface area contributed by atoms with E-state index in [4.69, 9.17) is 11.6 Å². The Balaban J connectivity index is 1.87. The number of likely N-dealkylation sites (tertiary alicyclic amines) is 1. The van der Waals surface area contributed by atoms with Crippen LogP contribution in [-0.2, 0) is 0 Å². The van der Waals surface area contributed by atoms with Crippen molar-refractivity contribution in [1.82, 2.24) is 4.90 Å². The van der Waals surface area contributed by atoms with Crippen LogP contribution >= 0.6 is 11.6 Å². The molecule has 4 nitrogen and oxygen atoms in total. The van der Waals surface area contributed by atoms with Crippen LogP contribution in [0.2, 0.25) is 5.02 Å². The molecule has 0 aliphatic carbocycles. The molecule has 0 radical (unpaired) electrons. The standard InChI is InChI=1S/C13H17ClN2O2/c1-2-6-13(18)8-16(9-13)12(17)15-11-5-3-4-10(14)7-11/h3-5,7,18H,2,6,8-9H2,1H3,(H,15,17). The fraction of sp³-hybridized carbons (Fsp3) is 0.462. The molecule has 18 heavy (non-hydrogen) atoms. The smallest absolute Gasteiger partial charge is 0.322 e. The first-order valence-electron chi connectivity index (χ1n) is 6.06. The molecule has 2 amide bonds. The number of aliphatic hydroxyl groups is 1. The average Bonchev–Trinajstić information content (AvgIpc) is 2.26. The zero-order chi connectivity index (χ0) is 13.2. The molecular formula is C13H17ClN2O2. The topological polar surface area (TPSA) is 52.6 Å². The number of nitrogens with one attached hydrogen (secondary N) is 1. The molecule has 2 N–H and O–H groups in total. The number of nitrogens with zero attached hydrogens (tertiary/aromatic N) is 1. The second kappa shape index (κ2) is 5.16. The van der Waals surface area contributed by atoms with Gasteiger partial charge in [0.05, 0.1) is 18.7 Å². The number of carbonyl (C=O) groups excluding carboxylic acids is 1. The number of anilines is 1. The maximum Gasteiger partial charge on any atom is 0.322 e. The van der Waals surface area contributed by atoms with Crippen LogP contribution in [0.25, 0.3) is 0 Å². The second-order valence-electron chi connectivity index (χ2n) is 4.77. The van der Waals surface area contributed by atoms with E-state index in [1.165, 1.54) is 0 Å². The molecule has 1 heterocycles. The van der Waals surface area contributed by atoms with E-state index in [0.29, 0.717) is 23.8 Å². The lowest BCUT2D eigenvalue weighted by molar-refractivity contribution is -0.0792. The molecule has 1 aromatic rings. The van der Waals surface area contributed by atoms with Crippen LogP contribution in [0, 0.1) is 0 Å². The molecule has 0 spiro atoms. The predicted molar refractivity (Wildman–Crippen MR) is 71.9 cm³/mol. The Morgan fingerprint density at radius 2 is 2.28 bits per heavy atom. The summed E-state index contributed by atoms with van der Waals surface area (Å²) >= 11 is 5.84. The fourth-order valence-electron chi connectivity index (χ4n) is 2.20. The molecular weight excluding hydrogens is 252 g/mol. The van der Waals surface area contributed by atoms with Crippen molar-refractivity contribution in [3.63, 3.8) is 0 Å². The number of β-amino-alcohol motifs (C(OH)–C–C–N with tert-alkyl or cyclic N) is 1. The quantitative estimate of drug-likeness (QED) is 0.886. The number of hydrogen-bond acceptors (Lipinski definition) is 2. The predicted octanol–water partition coefficient (Wildman–Crippen LogP) is 2.72. The van der Waals surface area contributed by atoms with Crippen LogP contribution in [0.4, 0.5) is 10.5 Å². The van der Waals surface area contributed by atoms with E-state index in [-0.39, 0.29) is 6.03 Å². The highest BCUT2D eigenvalue weighted by atomic mass is 35.5. The molecule has 0 saturated carbocycles. The number of halogens is 1. The molecule has 98 valence electrons. The second-order valence-corrected chi connectivity index (χ2v) is 5.21. The SMILES string of the molecule is CCCC1(O)CN(C(=O)Nc2cccc(Cl)c2)C1.